The van der Waals surface area contributed by atoms with Crippen LogP contribution in [0.25, 0.3) is 0 Å². The Morgan fingerprint density at radius 1 is 0.964 bits per heavy atom. The van der Waals surface area contributed by atoms with E-state index in [0.717, 1.165) is 5.56 Å². The van der Waals surface area contributed by atoms with Crippen LogP contribution in [0.4, 0.5) is 13.2 Å². The number of ether oxygens (including phenoxy) is 3. The van der Waals surface area contributed by atoms with Gasteiger partial charge in [0.2, 0.25) is 0 Å². The van der Waals surface area contributed by atoms with Crippen LogP contribution in [0.5, 0.6) is 11.5 Å². The molecule has 2 rings (SSSR count). The predicted molar refractivity (Wildman–Crippen MR) is 97.7 cm³/mol. The van der Waals surface area contributed by atoms with E-state index in [1.54, 1.807) is 44.6 Å². The van der Waals surface area contributed by atoms with Gasteiger partial charge in [-0.05, 0) is 41.8 Å². The molecule has 1 N–H and O–H groups in total. The molecule has 0 saturated heterocycles. The normalized spacial score (nSPS) is 11.2. The van der Waals surface area contributed by atoms with E-state index in [0.29, 0.717) is 35.6 Å². The maximum absolute atomic E-state index is 12.2. The number of methoxy groups -OCH3 is 2. The predicted octanol–water partition coefficient (Wildman–Crippen LogP) is 3.76. The van der Waals surface area contributed by atoms with Crippen LogP contribution in [-0.4, -0.2) is 39.5 Å². The van der Waals surface area contributed by atoms with Crippen LogP contribution in [0.1, 0.15) is 21.5 Å². The number of nitrogens with one attached hydrogen (secondary N) is 1. The molecule has 0 fully saturated rings. The van der Waals surface area contributed by atoms with Gasteiger partial charge in [0.25, 0.3) is 5.91 Å². The number of carbonyl (C=O) groups is 1. The van der Waals surface area contributed by atoms with Gasteiger partial charge in [-0.2, -0.15) is 13.2 Å². The zero-order valence-electron chi connectivity index (χ0n) is 15.6. The number of alkyl halides is 3. The van der Waals surface area contributed by atoms with Gasteiger partial charge in [-0.25, -0.2) is 0 Å². The summed E-state index contributed by atoms with van der Waals surface area (Å²) < 4.78 is 51.2. The monoisotopic (exact) mass is 397 g/mol. The Balaban J connectivity index is 1.81. The van der Waals surface area contributed by atoms with Crippen LogP contribution >= 0.6 is 0 Å². The Kier molecular flexibility index (Phi) is 7.69. The maximum Gasteiger partial charge on any atom is 0.411 e. The van der Waals surface area contributed by atoms with Crippen LogP contribution in [0.15, 0.2) is 42.5 Å². The minimum atomic E-state index is -4.35. The highest BCUT2D eigenvalue weighted by molar-refractivity contribution is 5.94. The molecule has 1 amide bonds. The molecule has 0 radical (unpaired) electrons. The second kappa shape index (κ2) is 9.98. The summed E-state index contributed by atoms with van der Waals surface area (Å²) in [7, 11) is 3.12. The van der Waals surface area contributed by atoms with Gasteiger partial charge < -0.3 is 19.5 Å². The number of amides is 1. The molecule has 0 heterocycles. The highest BCUT2D eigenvalue weighted by atomic mass is 19.4. The third-order valence-electron chi connectivity index (χ3n) is 3.90. The first kappa shape index (κ1) is 21.6. The second-order valence-corrected chi connectivity index (χ2v) is 6.00. The van der Waals surface area contributed by atoms with Crippen molar-refractivity contribution in [2.75, 3.05) is 27.4 Å². The molecular formula is C20H22F3NO4. The lowest BCUT2D eigenvalue weighted by Crippen LogP contribution is -2.25. The van der Waals surface area contributed by atoms with E-state index in [9.17, 15) is 18.0 Å². The van der Waals surface area contributed by atoms with Crippen LogP contribution < -0.4 is 14.8 Å². The van der Waals surface area contributed by atoms with Gasteiger partial charge in [0.15, 0.2) is 11.5 Å². The Hall–Kier alpha value is -2.74. The van der Waals surface area contributed by atoms with E-state index in [2.05, 4.69) is 10.1 Å². The van der Waals surface area contributed by atoms with Crippen molar-refractivity contribution in [2.45, 2.75) is 19.2 Å². The highest BCUT2D eigenvalue weighted by Gasteiger charge is 2.27. The summed E-state index contributed by atoms with van der Waals surface area (Å²) in [6.45, 7) is -1.04. The smallest absolute Gasteiger partial charge is 0.411 e. The molecule has 0 aromatic heterocycles. The fourth-order valence-electron chi connectivity index (χ4n) is 2.50. The molecule has 0 aliphatic heterocycles. The zero-order chi connectivity index (χ0) is 20.6. The first-order valence-electron chi connectivity index (χ1n) is 8.55. The van der Waals surface area contributed by atoms with E-state index < -0.39 is 12.8 Å². The summed E-state index contributed by atoms with van der Waals surface area (Å²) in [4.78, 5) is 12.2. The Morgan fingerprint density at radius 2 is 1.61 bits per heavy atom. The van der Waals surface area contributed by atoms with Crippen LogP contribution in [-0.2, 0) is 17.8 Å². The fourth-order valence-corrected chi connectivity index (χ4v) is 2.50. The van der Waals surface area contributed by atoms with E-state index >= 15 is 0 Å². The highest BCUT2D eigenvalue weighted by Crippen LogP contribution is 2.27. The first-order chi connectivity index (χ1) is 13.3. The molecule has 152 valence electrons. The maximum atomic E-state index is 12.2. The van der Waals surface area contributed by atoms with Gasteiger partial charge in [0.1, 0.15) is 6.61 Å². The number of hydrogen-bond donors (Lipinski definition) is 1. The number of benzene rings is 2. The van der Waals surface area contributed by atoms with E-state index in [-0.39, 0.29) is 12.5 Å². The molecule has 0 aliphatic rings. The summed E-state index contributed by atoms with van der Waals surface area (Å²) in [6.07, 6.45) is -3.75. The standard InChI is InChI=1S/C20H22F3NO4/c1-26-17-8-5-14(11-18(17)27-2)9-10-24-19(25)16-6-3-15(4-7-16)12-28-13-20(21,22)23/h3-8,11H,9-10,12-13H2,1-2H3,(H,24,25). The molecule has 0 spiro atoms. The molecular weight excluding hydrogens is 375 g/mol. The van der Waals surface area contributed by atoms with Gasteiger partial charge in [0.05, 0.1) is 20.8 Å². The lowest BCUT2D eigenvalue weighted by Gasteiger charge is -2.10. The molecule has 2 aromatic rings. The number of hydrogen-bond acceptors (Lipinski definition) is 4. The summed E-state index contributed by atoms with van der Waals surface area (Å²) in [5.41, 5.74) is 1.97. The Bertz CT molecular complexity index is 776. The van der Waals surface area contributed by atoms with Crippen LogP contribution in [0.2, 0.25) is 0 Å². The van der Waals surface area contributed by atoms with Crippen molar-refractivity contribution >= 4 is 5.91 Å². The van der Waals surface area contributed by atoms with Crippen molar-refractivity contribution in [3.8, 4) is 11.5 Å². The summed E-state index contributed by atoms with van der Waals surface area (Å²) in [5, 5.41) is 2.81. The summed E-state index contributed by atoms with van der Waals surface area (Å²) >= 11 is 0. The lowest BCUT2D eigenvalue weighted by molar-refractivity contribution is -0.176. The minimum absolute atomic E-state index is 0.166. The summed E-state index contributed by atoms with van der Waals surface area (Å²) in [5.74, 6) is 0.993. The summed E-state index contributed by atoms with van der Waals surface area (Å²) in [6, 6.07) is 11.8. The zero-order valence-corrected chi connectivity index (χ0v) is 15.6. The molecule has 28 heavy (non-hydrogen) atoms. The molecule has 0 atom stereocenters. The molecule has 0 aliphatic carbocycles. The first-order valence-corrected chi connectivity index (χ1v) is 8.55. The molecule has 0 unspecified atom stereocenters. The second-order valence-electron chi connectivity index (χ2n) is 6.00. The number of carbonyl (C=O) groups excluding carboxylic acids is 1. The minimum Gasteiger partial charge on any atom is -0.493 e. The van der Waals surface area contributed by atoms with Gasteiger partial charge in [-0.1, -0.05) is 18.2 Å². The molecule has 0 bridgehead atoms. The average Bonchev–Trinajstić information content (AvgIpc) is 2.67. The van der Waals surface area contributed by atoms with Crippen molar-refractivity contribution in [3.05, 3.63) is 59.2 Å². The SMILES string of the molecule is COc1ccc(CCNC(=O)c2ccc(COCC(F)(F)F)cc2)cc1OC. The number of halogens is 3. The van der Waals surface area contributed by atoms with Crippen LogP contribution in [0, 0.1) is 0 Å². The fraction of sp³-hybridized carbons (Fsp3) is 0.350. The van der Waals surface area contributed by atoms with Gasteiger partial charge >= 0.3 is 6.18 Å². The Labute approximate surface area is 161 Å². The van der Waals surface area contributed by atoms with Crippen molar-refractivity contribution in [3.63, 3.8) is 0 Å². The average molecular weight is 397 g/mol. The molecule has 2 aromatic carbocycles. The van der Waals surface area contributed by atoms with Gasteiger partial charge in [-0.15, -0.1) is 0 Å². The van der Waals surface area contributed by atoms with Gasteiger partial charge in [0, 0.05) is 12.1 Å². The molecule has 8 heteroatoms. The van der Waals surface area contributed by atoms with Crippen LogP contribution in [0.3, 0.4) is 0 Å². The number of rotatable bonds is 9. The quantitative estimate of drug-likeness (QED) is 0.700. The van der Waals surface area contributed by atoms with Crippen molar-refractivity contribution in [1.29, 1.82) is 0 Å². The largest absolute Gasteiger partial charge is 0.493 e. The topological polar surface area (TPSA) is 56.8 Å². The third kappa shape index (κ3) is 6.77. The molecule has 5 nitrogen and oxygen atoms in total. The van der Waals surface area contributed by atoms with E-state index in [4.69, 9.17) is 9.47 Å². The van der Waals surface area contributed by atoms with Gasteiger partial charge in [-0.3, -0.25) is 4.79 Å². The van der Waals surface area contributed by atoms with Crippen molar-refractivity contribution in [2.24, 2.45) is 0 Å². The van der Waals surface area contributed by atoms with Crippen molar-refractivity contribution in [1.82, 2.24) is 5.32 Å². The Morgan fingerprint density at radius 3 is 2.21 bits per heavy atom. The van der Waals surface area contributed by atoms with E-state index in [1.807, 2.05) is 12.1 Å². The molecule has 0 saturated carbocycles. The van der Waals surface area contributed by atoms with E-state index in [1.165, 1.54) is 0 Å². The van der Waals surface area contributed by atoms with Crippen molar-refractivity contribution < 1.29 is 32.2 Å². The third-order valence-corrected chi connectivity index (χ3v) is 3.90. The lowest BCUT2D eigenvalue weighted by atomic mass is 10.1.